The molecule has 0 spiro atoms. The van der Waals surface area contributed by atoms with Crippen LogP contribution in [0.25, 0.3) is 0 Å². The number of halogens is 1. The second-order valence-corrected chi connectivity index (χ2v) is 4.80. The van der Waals surface area contributed by atoms with E-state index in [1.165, 1.54) is 0 Å². The molecule has 15 heavy (non-hydrogen) atoms. The summed E-state index contributed by atoms with van der Waals surface area (Å²) in [6, 6.07) is 1.94. The first-order valence-corrected chi connectivity index (χ1v) is 5.68. The van der Waals surface area contributed by atoms with Crippen LogP contribution in [0, 0.1) is 5.92 Å². The molecular weight excluding hydrogens is 210 g/mol. The average molecular weight is 228 g/mol. The predicted molar refractivity (Wildman–Crippen MR) is 63.6 cm³/mol. The van der Waals surface area contributed by atoms with Gasteiger partial charge in [-0.15, -0.1) is 0 Å². The predicted octanol–water partition coefficient (Wildman–Crippen LogP) is 3.72. The molecule has 0 unspecified atom stereocenters. The van der Waals surface area contributed by atoms with E-state index in [-0.39, 0.29) is 6.10 Å². The Kier molecular flexibility index (Phi) is 4.40. The molecule has 0 aromatic carbocycles. The molecule has 1 heterocycles. The Morgan fingerprint density at radius 3 is 2.47 bits per heavy atom. The minimum atomic E-state index is 0.103. The van der Waals surface area contributed by atoms with E-state index in [0.717, 1.165) is 12.0 Å². The lowest BCUT2D eigenvalue weighted by molar-refractivity contribution is 0.232. The molecule has 2 nitrogen and oxygen atoms in total. The van der Waals surface area contributed by atoms with Gasteiger partial charge in [-0.25, -0.2) is 4.98 Å². The summed E-state index contributed by atoms with van der Waals surface area (Å²) in [6.45, 7) is 8.26. The first-order chi connectivity index (χ1) is 6.99. The van der Waals surface area contributed by atoms with Gasteiger partial charge in [-0.3, -0.25) is 0 Å². The molecule has 1 aromatic heterocycles. The molecule has 3 heteroatoms. The zero-order valence-electron chi connectivity index (χ0n) is 9.75. The van der Waals surface area contributed by atoms with Gasteiger partial charge in [0.2, 0.25) is 5.88 Å². The molecule has 1 aromatic rings. The first kappa shape index (κ1) is 12.3. The number of nitrogens with zero attached hydrogens (tertiary/aromatic N) is 1. The average Bonchev–Trinajstić information content (AvgIpc) is 2.08. The fourth-order valence-electron chi connectivity index (χ4n) is 1.36. The van der Waals surface area contributed by atoms with Gasteiger partial charge in [-0.2, -0.15) is 0 Å². The van der Waals surface area contributed by atoms with E-state index in [1.807, 2.05) is 26.1 Å². The van der Waals surface area contributed by atoms with E-state index >= 15 is 0 Å². The first-order valence-electron chi connectivity index (χ1n) is 5.30. The molecule has 0 saturated heterocycles. The SMILES string of the molecule is CC(C)Cc1cnc(OC(C)C)c(Cl)c1. The van der Waals surface area contributed by atoms with Crippen LogP contribution in [0.3, 0.4) is 0 Å². The van der Waals surface area contributed by atoms with Gasteiger partial charge >= 0.3 is 0 Å². The highest BCUT2D eigenvalue weighted by Gasteiger charge is 2.07. The van der Waals surface area contributed by atoms with Gasteiger partial charge in [0.15, 0.2) is 0 Å². The van der Waals surface area contributed by atoms with Gasteiger partial charge < -0.3 is 4.74 Å². The van der Waals surface area contributed by atoms with Crippen molar-refractivity contribution in [3.8, 4) is 5.88 Å². The van der Waals surface area contributed by atoms with Crippen molar-refractivity contribution in [2.24, 2.45) is 5.92 Å². The molecule has 0 aliphatic heterocycles. The Hall–Kier alpha value is -0.760. The minimum absolute atomic E-state index is 0.103. The summed E-state index contributed by atoms with van der Waals surface area (Å²) in [5.41, 5.74) is 1.16. The monoisotopic (exact) mass is 227 g/mol. The van der Waals surface area contributed by atoms with Crippen molar-refractivity contribution >= 4 is 11.6 Å². The van der Waals surface area contributed by atoms with Crippen LogP contribution in [0.5, 0.6) is 5.88 Å². The Balaban J connectivity index is 2.78. The summed E-state index contributed by atoms with van der Waals surface area (Å²) in [5.74, 6) is 1.14. The summed E-state index contributed by atoms with van der Waals surface area (Å²) < 4.78 is 5.46. The van der Waals surface area contributed by atoms with Gasteiger partial charge in [-0.05, 0) is 37.8 Å². The van der Waals surface area contributed by atoms with E-state index in [4.69, 9.17) is 16.3 Å². The Morgan fingerprint density at radius 1 is 1.33 bits per heavy atom. The number of rotatable bonds is 4. The maximum atomic E-state index is 6.07. The largest absolute Gasteiger partial charge is 0.474 e. The van der Waals surface area contributed by atoms with Crippen molar-refractivity contribution in [2.45, 2.75) is 40.2 Å². The van der Waals surface area contributed by atoms with Gasteiger partial charge in [0.25, 0.3) is 0 Å². The Morgan fingerprint density at radius 2 is 2.00 bits per heavy atom. The molecule has 0 fully saturated rings. The minimum Gasteiger partial charge on any atom is -0.474 e. The molecule has 0 aliphatic carbocycles. The fraction of sp³-hybridized carbons (Fsp3) is 0.583. The van der Waals surface area contributed by atoms with Crippen LogP contribution in [-0.2, 0) is 6.42 Å². The number of pyridine rings is 1. The molecule has 0 saturated carbocycles. The molecular formula is C12H18ClNO. The molecule has 0 radical (unpaired) electrons. The smallest absolute Gasteiger partial charge is 0.232 e. The van der Waals surface area contributed by atoms with Crippen LogP contribution in [0.4, 0.5) is 0 Å². The van der Waals surface area contributed by atoms with Crippen molar-refractivity contribution in [1.29, 1.82) is 0 Å². The second-order valence-electron chi connectivity index (χ2n) is 4.40. The quantitative estimate of drug-likeness (QED) is 0.782. The number of hydrogen-bond donors (Lipinski definition) is 0. The maximum absolute atomic E-state index is 6.07. The van der Waals surface area contributed by atoms with E-state index in [1.54, 1.807) is 0 Å². The summed E-state index contributed by atoms with van der Waals surface area (Å²) in [7, 11) is 0. The molecule has 84 valence electrons. The van der Waals surface area contributed by atoms with Crippen LogP contribution in [0.2, 0.25) is 5.02 Å². The Labute approximate surface area is 96.6 Å². The maximum Gasteiger partial charge on any atom is 0.232 e. The van der Waals surface area contributed by atoms with Gasteiger partial charge in [0, 0.05) is 6.20 Å². The fourth-order valence-corrected chi connectivity index (χ4v) is 1.59. The Bertz CT molecular complexity index is 323. The highest BCUT2D eigenvalue weighted by molar-refractivity contribution is 6.31. The highest BCUT2D eigenvalue weighted by atomic mass is 35.5. The van der Waals surface area contributed by atoms with Gasteiger partial charge in [0.05, 0.1) is 6.10 Å². The molecule has 0 amide bonds. The van der Waals surface area contributed by atoms with E-state index < -0.39 is 0 Å². The third-order valence-electron chi connectivity index (χ3n) is 1.86. The molecule has 1 rings (SSSR count). The lowest BCUT2D eigenvalue weighted by Gasteiger charge is -2.11. The van der Waals surface area contributed by atoms with Crippen molar-refractivity contribution in [3.05, 3.63) is 22.8 Å². The van der Waals surface area contributed by atoms with E-state index in [9.17, 15) is 0 Å². The van der Waals surface area contributed by atoms with Gasteiger partial charge in [0.1, 0.15) is 5.02 Å². The zero-order valence-corrected chi connectivity index (χ0v) is 10.5. The van der Waals surface area contributed by atoms with Gasteiger partial charge in [-0.1, -0.05) is 25.4 Å². The molecule has 0 atom stereocenters. The summed E-state index contributed by atoms with van der Waals surface area (Å²) in [6.07, 6.45) is 2.93. The highest BCUT2D eigenvalue weighted by Crippen LogP contribution is 2.24. The van der Waals surface area contributed by atoms with Crippen LogP contribution < -0.4 is 4.74 Å². The second kappa shape index (κ2) is 5.36. The number of hydrogen-bond acceptors (Lipinski definition) is 2. The molecule has 0 aliphatic rings. The van der Waals surface area contributed by atoms with Crippen molar-refractivity contribution in [2.75, 3.05) is 0 Å². The molecule has 0 bridgehead atoms. The third kappa shape index (κ3) is 4.08. The zero-order chi connectivity index (χ0) is 11.4. The standard InChI is InChI=1S/C12H18ClNO/c1-8(2)5-10-6-11(13)12(14-7-10)15-9(3)4/h6-9H,5H2,1-4H3. The topological polar surface area (TPSA) is 22.1 Å². The van der Waals surface area contributed by atoms with E-state index in [2.05, 4.69) is 18.8 Å². The van der Waals surface area contributed by atoms with Crippen molar-refractivity contribution in [1.82, 2.24) is 4.98 Å². The van der Waals surface area contributed by atoms with Crippen LogP contribution >= 0.6 is 11.6 Å². The van der Waals surface area contributed by atoms with Crippen molar-refractivity contribution in [3.63, 3.8) is 0 Å². The van der Waals surface area contributed by atoms with Crippen LogP contribution in [0.1, 0.15) is 33.3 Å². The summed E-state index contributed by atoms with van der Waals surface area (Å²) in [4.78, 5) is 4.22. The number of ether oxygens (including phenoxy) is 1. The normalized spacial score (nSPS) is 11.1. The van der Waals surface area contributed by atoms with Crippen LogP contribution in [0.15, 0.2) is 12.3 Å². The summed E-state index contributed by atoms with van der Waals surface area (Å²) >= 11 is 6.07. The lowest BCUT2D eigenvalue weighted by Crippen LogP contribution is -2.07. The van der Waals surface area contributed by atoms with Crippen LogP contribution in [-0.4, -0.2) is 11.1 Å². The van der Waals surface area contributed by atoms with Crippen molar-refractivity contribution < 1.29 is 4.74 Å². The number of aromatic nitrogens is 1. The third-order valence-corrected chi connectivity index (χ3v) is 2.13. The summed E-state index contributed by atoms with van der Waals surface area (Å²) in [5, 5.41) is 0.599. The lowest BCUT2D eigenvalue weighted by atomic mass is 10.1. The van der Waals surface area contributed by atoms with E-state index in [0.29, 0.717) is 16.8 Å². The molecule has 0 N–H and O–H groups in total.